The predicted molar refractivity (Wildman–Crippen MR) is 166 cm³/mol. The smallest absolute Gasteiger partial charge is 0.337 e. The van der Waals surface area contributed by atoms with E-state index in [1.54, 1.807) is 55.6 Å². The molecule has 0 spiro atoms. The van der Waals surface area contributed by atoms with Crippen LogP contribution in [0.2, 0.25) is 10.0 Å². The number of carbonyl (C=O) groups excluding carboxylic acids is 2. The second-order valence-corrected chi connectivity index (χ2v) is 10.4. The molecule has 0 aliphatic carbocycles. The van der Waals surface area contributed by atoms with Gasteiger partial charge >= 0.3 is 12.0 Å². The van der Waals surface area contributed by atoms with Gasteiger partial charge in [-0.1, -0.05) is 35.3 Å². The van der Waals surface area contributed by atoms with Gasteiger partial charge in [-0.3, -0.25) is 5.43 Å². The largest absolute Gasteiger partial charge is 0.490 e. The average molecular weight is 644 g/mol. The number of nitrogens with zero attached hydrogens (tertiary/aromatic N) is 1. The minimum Gasteiger partial charge on any atom is -0.490 e. The van der Waals surface area contributed by atoms with Gasteiger partial charge in [0.2, 0.25) is 0 Å². The molecule has 2 amide bonds. The lowest BCUT2D eigenvalue weighted by Gasteiger charge is -2.28. The molecule has 1 heterocycles. The minimum atomic E-state index is -1.13. The summed E-state index contributed by atoms with van der Waals surface area (Å²) in [6.45, 7) is 3.92. The van der Waals surface area contributed by atoms with Gasteiger partial charge in [0.1, 0.15) is 19.0 Å². The zero-order valence-electron chi connectivity index (χ0n) is 24.2. The first-order valence-corrected chi connectivity index (χ1v) is 14.3. The fourth-order valence-corrected chi connectivity index (χ4v) is 4.73. The molecule has 0 saturated carbocycles. The number of methoxy groups -OCH3 is 1. The van der Waals surface area contributed by atoms with Gasteiger partial charge in [-0.05, 0) is 73.5 Å². The summed E-state index contributed by atoms with van der Waals surface area (Å²) in [6, 6.07) is 16.3. The van der Waals surface area contributed by atoms with E-state index in [1.165, 1.54) is 7.11 Å². The quantitative estimate of drug-likeness (QED) is 0.0875. The summed E-state index contributed by atoms with van der Waals surface area (Å²) >= 11 is 12.1. The van der Waals surface area contributed by atoms with E-state index in [2.05, 4.69) is 21.2 Å². The Kier molecular flexibility index (Phi) is 11.3. The van der Waals surface area contributed by atoms with Gasteiger partial charge in [-0.25, -0.2) is 9.59 Å². The van der Waals surface area contributed by atoms with Gasteiger partial charge < -0.3 is 34.7 Å². The van der Waals surface area contributed by atoms with E-state index in [-0.39, 0.29) is 12.2 Å². The van der Waals surface area contributed by atoms with Crippen molar-refractivity contribution < 1.29 is 33.6 Å². The average Bonchev–Trinajstić information content (AvgIpc) is 3.00. The Balaban J connectivity index is 1.32. The summed E-state index contributed by atoms with van der Waals surface area (Å²) in [4.78, 5) is 24.6. The molecular weight excluding hydrogens is 611 g/mol. The van der Waals surface area contributed by atoms with Crippen molar-refractivity contribution in [2.75, 3.05) is 20.3 Å². The van der Waals surface area contributed by atoms with E-state index >= 15 is 0 Å². The Bertz CT molecular complexity index is 1550. The molecule has 0 bridgehead atoms. The maximum Gasteiger partial charge on any atom is 0.337 e. The Morgan fingerprint density at radius 3 is 2.55 bits per heavy atom. The van der Waals surface area contributed by atoms with Crippen LogP contribution < -0.4 is 30.3 Å². The van der Waals surface area contributed by atoms with Crippen LogP contribution in [0.1, 0.15) is 36.6 Å². The van der Waals surface area contributed by atoms with E-state index in [9.17, 15) is 14.7 Å². The molecule has 0 aromatic heterocycles. The molecule has 0 unspecified atom stereocenters. The van der Waals surface area contributed by atoms with Crippen LogP contribution in [0, 0.1) is 0 Å². The molecule has 44 heavy (non-hydrogen) atoms. The molecule has 1 aliphatic rings. The third kappa shape index (κ3) is 8.56. The van der Waals surface area contributed by atoms with Crippen LogP contribution in [0.15, 0.2) is 77.0 Å². The van der Waals surface area contributed by atoms with Gasteiger partial charge in [0.15, 0.2) is 17.7 Å². The molecule has 11 nitrogen and oxygen atoms in total. The monoisotopic (exact) mass is 642 g/mol. The zero-order chi connectivity index (χ0) is 31.6. The number of aliphatic hydroxyl groups is 1. The van der Waals surface area contributed by atoms with Gasteiger partial charge in [0.05, 0.1) is 31.5 Å². The van der Waals surface area contributed by atoms with Crippen LogP contribution in [0.5, 0.6) is 17.2 Å². The summed E-state index contributed by atoms with van der Waals surface area (Å²) < 4.78 is 22.2. The number of ether oxygens (including phenoxy) is 4. The summed E-state index contributed by atoms with van der Waals surface area (Å²) in [5, 5.41) is 20.9. The van der Waals surface area contributed by atoms with Crippen LogP contribution in [0.4, 0.5) is 4.79 Å². The van der Waals surface area contributed by atoms with Gasteiger partial charge in [-0.15, -0.1) is 0 Å². The number of hydrogen-bond donors (Lipinski definition) is 4. The first-order valence-electron chi connectivity index (χ1n) is 13.6. The van der Waals surface area contributed by atoms with Crippen molar-refractivity contribution in [2.45, 2.75) is 32.7 Å². The van der Waals surface area contributed by atoms with Crippen LogP contribution >= 0.6 is 23.2 Å². The van der Waals surface area contributed by atoms with Crippen LogP contribution in [0.25, 0.3) is 0 Å². The zero-order valence-corrected chi connectivity index (χ0v) is 25.7. The maximum absolute atomic E-state index is 12.4. The number of rotatable bonds is 13. The van der Waals surface area contributed by atoms with Crippen molar-refractivity contribution in [3.05, 3.63) is 98.7 Å². The van der Waals surface area contributed by atoms with Crippen molar-refractivity contribution in [3.8, 4) is 17.2 Å². The fourth-order valence-electron chi connectivity index (χ4n) is 4.27. The molecule has 4 N–H and O–H groups in total. The Labute approximate surface area is 264 Å². The second-order valence-electron chi connectivity index (χ2n) is 9.51. The predicted octanol–water partition coefficient (Wildman–Crippen LogP) is 5.09. The molecule has 2 atom stereocenters. The maximum atomic E-state index is 12.4. The number of aliphatic hydroxyl groups excluding tert-OH is 1. The van der Waals surface area contributed by atoms with Crippen molar-refractivity contribution in [1.29, 1.82) is 0 Å². The SMILES string of the molecule is CCOc1cc([C@H]2NC(=O)NC(C)=C2C(=O)OC)ccc1OC[C@@H](O)N/N=C\c1ccc(OCc2ccc(Cl)cc2Cl)cc1. The molecule has 3 aromatic carbocycles. The normalized spacial score (nSPS) is 15.3. The van der Waals surface area contributed by atoms with E-state index < -0.39 is 24.3 Å². The lowest BCUT2D eigenvalue weighted by Crippen LogP contribution is -2.45. The summed E-state index contributed by atoms with van der Waals surface area (Å²) in [7, 11) is 1.27. The molecule has 0 radical (unpaired) electrons. The van der Waals surface area contributed by atoms with E-state index in [4.69, 9.17) is 42.1 Å². The van der Waals surface area contributed by atoms with Crippen molar-refractivity contribution in [3.63, 3.8) is 0 Å². The van der Waals surface area contributed by atoms with Crippen molar-refractivity contribution in [2.24, 2.45) is 5.10 Å². The standard InChI is InChI=1S/C31H32Cl2N4O7/c1-4-42-26-13-20(29-28(30(39)41-3)18(2)35-31(40)36-29)8-12-25(26)44-17-27(38)37-34-15-19-5-10-23(11-6-19)43-16-21-7-9-22(32)14-24(21)33/h5-15,27,29,37-38H,4,16-17H2,1-3H3,(H2,35,36,40)/b34-15-/t27-,29-/m1/s1. The first-order chi connectivity index (χ1) is 21.2. The van der Waals surface area contributed by atoms with Crippen molar-refractivity contribution in [1.82, 2.24) is 16.1 Å². The minimum absolute atomic E-state index is 0.146. The summed E-state index contributed by atoms with van der Waals surface area (Å²) in [5.41, 5.74) is 5.46. The number of benzene rings is 3. The molecule has 3 aromatic rings. The van der Waals surface area contributed by atoms with Gasteiger partial charge in [0.25, 0.3) is 0 Å². The van der Waals surface area contributed by atoms with Gasteiger partial charge in [0, 0.05) is 21.3 Å². The number of hydrogen-bond acceptors (Lipinski definition) is 9. The molecule has 4 rings (SSSR count). The third-order valence-electron chi connectivity index (χ3n) is 6.40. The van der Waals surface area contributed by atoms with Crippen LogP contribution in [0.3, 0.4) is 0 Å². The number of amides is 2. The second kappa shape index (κ2) is 15.3. The molecule has 13 heteroatoms. The lowest BCUT2D eigenvalue weighted by atomic mass is 9.95. The summed E-state index contributed by atoms with van der Waals surface area (Å²) in [6.07, 6.45) is 0.415. The highest BCUT2D eigenvalue weighted by Crippen LogP contribution is 2.35. The molecule has 1 aliphatic heterocycles. The number of allylic oxidation sites excluding steroid dienone is 1. The number of esters is 1. The Morgan fingerprint density at radius 2 is 1.84 bits per heavy atom. The van der Waals surface area contributed by atoms with Gasteiger partial charge in [-0.2, -0.15) is 5.10 Å². The number of urea groups is 1. The number of halogens is 2. The topological polar surface area (TPSA) is 140 Å². The first kappa shape index (κ1) is 32.5. The van der Waals surface area contributed by atoms with Crippen molar-refractivity contribution >= 4 is 41.4 Å². The lowest BCUT2D eigenvalue weighted by molar-refractivity contribution is -0.136. The Hall–Kier alpha value is -4.45. The molecule has 0 fully saturated rings. The summed E-state index contributed by atoms with van der Waals surface area (Å²) in [5.74, 6) is 0.810. The highest BCUT2D eigenvalue weighted by molar-refractivity contribution is 6.35. The van der Waals surface area contributed by atoms with Crippen LogP contribution in [-0.2, 0) is 16.1 Å². The van der Waals surface area contributed by atoms with E-state index in [0.717, 1.165) is 11.1 Å². The van der Waals surface area contributed by atoms with E-state index in [0.29, 0.717) is 51.8 Å². The molecular formula is C31H32Cl2N4O7. The third-order valence-corrected chi connectivity index (χ3v) is 6.99. The van der Waals surface area contributed by atoms with E-state index in [1.807, 2.05) is 25.1 Å². The number of carbonyl (C=O) groups is 2. The Morgan fingerprint density at radius 1 is 1.07 bits per heavy atom. The molecule has 232 valence electrons. The number of hydrazone groups is 1. The highest BCUT2D eigenvalue weighted by atomic mass is 35.5. The van der Waals surface area contributed by atoms with Crippen LogP contribution in [-0.4, -0.2) is 49.9 Å². The molecule has 0 saturated heterocycles. The fraction of sp³-hybridized carbons (Fsp3) is 0.258. The highest BCUT2D eigenvalue weighted by Gasteiger charge is 2.32. The number of nitrogens with one attached hydrogen (secondary N) is 3.